The summed E-state index contributed by atoms with van der Waals surface area (Å²) in [6.07, 6.45) is 1.79. The number of likely N-dealkylation sites (N-methyl/N-ethyl adjacent to an activating group) is 1. The van der Waals surface area contributed by atoms with Gasteiger partial charge in [-0.25, -0.2) is 0 Å². The lowest BCUT2D eigenvalue weighted by Crippen LogP contribution is -2.42. The number of hydrogen-bond acceptors (Lipinski definition) is 3. The second kappa shape index (κ2) is 9.43. The summed E-state index contributed by atoms with van der Waals surface area (Å²) in [5, 5.41) is 4.06. The van der Waals surface area contributed by atoms with Crippen LogP contribution in [0.5, 0.6) is 0 Å². The van der Waals surface area contributed by atoms with Gasteiger partial charge in [0.15, 0.2) is 0 Å². The molecular formula is C21H27F3N4O. The van der Waals surface area contributed by atoms with Gasteiger partial charge in [-0.3, -0.25) is 9.48 Å². The van der Waals surface area contributed by atoms with Crippen molar-refractivity contribution in [3.8, 4) is 0 Å². The fraction of sp³-hybridized carbons (Fsp3) is 0.524. The molecule has 5 nitrogen and oxygen atoms in total. The van der Waals surface area contributed by atoms with E-state index >= 15 is 0 Å². The molecule has 0 radical (unpaired) electrons. The van der Waals surface area contributed by atoms with E-state index in [2.05, 4.69) is 10.00 Å². The molecule has 1 aromatic heterocycles. The first-order valence-corrected chi connectivity index (χ1v) is 9.91. The molecule has 1 aromatic carbocycles. The van der Waals surface area contributed by atoms with Gasteiger partial charge in [-0.1, -0.05) is 18.2 Å². The van der Waals surface area contributed by atoms with Gasteiger partial charge in [0, 0.05) is 39.1 Å². The van der Waals surface area contributed by atoms with Crippen LogP contribution in [-0.4, -0.2) is 58.7 Å². The van der Waals surface area contributed by atoms with Gasteiger partial charge in [-0.05, 0) is 49.4 Å². The van der Waals surface area contributed by atoms with Gasteiger partial charge in [-0.15, -0.1) is 0 Å². The molecule has 3 rings (SSSR count). The maximum absolute atomic E-state index is 12.9. The minimum atomic E-state index is -4.31. The molecule has 0 unspecified atom stereocenters. The van der Waals surface area contributed by atoms with Gasteiger partial charge in [0.1, 0.15) is 6.54 Å². The Morgan fingerprint density at radius 1 is 1.31 bits per heavy atom. The smallest absolute Gasteiger partial charge is 0.344 e. The molecule has 1 aliphatic rings. The normalized spacial score (nSPS) is 18.0. The van der Waals surface area contributed by atoms with E-state index in [-0.39, 0.29) is 12.5 Å². The average molecular weight is 408 g/mol. The minimum Gasteiger partial charge on any atom is -0.344 e. The summed E-state index contributed by atoms with van der Waals surface area (Å²) in [5.74, 6) is 0.395. The van der Waals surface area contributed by atoms with Crippen LogP contribution < -0.4 is 0 Å². The molecule has 1 aliphatic heterocycles. The van der Waals surface area contributed by atoms with Crippen LogP contribution in [0.15, 0.2) is 42.7 Å². The zero-order valence-electron chi connectivity index (χ0n) is 16.6. The number of alkyl halides is 3. The summed E-state index contributed by atoms with van der Waals surface area (Å²) < 4.78 is 40.2. The molecule has 1 atom stereocenters. The summed E-state index contributed by atoms with van der Waals surface area (Å²) in [4.78, 5) is 16.4. The number of hydrogen-bond donors (Lipinski definition) is 0. The molecule has 1 amide bonds. The number of piperidine rings is 1. The molecule has 0 saturated carbocycles. The zero-order valence-corrected chi connectivity index (χ0v) is 16.6. The van der Waals surface area contributed by atoms with Gasteiger partial charge in [0.05, 0.1) is 5.56 Å². The van der Waals surface area contributed by atoms with Crippen molar-refractivity contribution in [3.63, 3.8) is 0 Å². The average Bonchev–Trinajstić information content (AvgIpc) is 3.19. The highest BCUT2D eigenvalue weighted by molar-refractivity contribution is 5.75. The van der Waals surface area contributed by atoms with Crippen molar-refractivity contribution in [2.45, 2.75) is 32.0 Å². The molecular weight excluding hydrogens is 381 g/mol. The molecule has 2 heterocycles. The lowest BCUT2D eigenvalue weighted by Gasteiger charge is -2.34. The Hall–Kier alpha value is -2.35. The van der Waals surface area contributed by atoms with E-state index in [1.165, 1.54) is 12.1 Å². The van der Waals surface area contributed by atoms with Crippen LogP contribution in [0.4, 0.5) is 13.2 Å². The summed E-state index contributed by atoms with van der Waals surface area (Å²) >= 11 is 0. The number of rotatable bonds is 7. The maximum Gasteiger partial charge on any atom is 0.416 e. The number of nitrogens with zero attached hydrogens (tertiary/aromatic N) is 4. The van der Waals surface area contributed by atoms with Gasteiger partial charge < -0.3 is 9.80 Å². The van der Waals surface area contributed by atoms with Gasteiger partial charge in [-0.2, -0.15) is 18.3 Å². The lowest BCUT2D eigenvalue weighted by atomic mass is 9.97. The van der Waals surface area contributed by atoms with Crippen molar-refractivity contribution in [1.82, 2.24) is 19.6 Å². The van der Waals surface area contributed by atoms with E-state index in [1.54, 1.807) is 34.1 Å². The van der Waals surface area contributed by atoms with Crippen molar-refractivity contribution in [1.29, 1.82) is 0 Å². The van der Waals surface area contributed by atoms with Crippen LogP contribution in [-0.2, 0) is 23.9 Å². The van der Waals surface area contributed by atoms with E-state index in [0.717, 1.165) is 38.5 Å². The van der Waals surface area contributed by atoms with Crippen molar-refractivity contribution >= 4 is 5.91 Å². The Kier molecular flexibility index (Phi) is 6.95. The van der Waals surface area contributed by atoms with Crippen LogP contribution in [0.3, 0.4) is 0 Å². The van der Waals surface area contributed by atoms with Crippen molar-refractivity contribution in [2.24, 2.45) is 5.92 Å². The van der Waals surface area contributed by atoms with Gasteiger partial charge in [0.25, 0.3) is 0 Å². The molecule has 0 bridgehead atoms. The zero-order chi connectivity index (χ0) is 20.9. The van der Waals surface area contributed by atoms with Crippen LogP contribution in [0.1, 0.15) is 24.0 Å². The Morgan fingerprint density at radius 3 is 2.86 bits per heavy atom. The lowest BCUT2D eigenvalue weighted by molar-refractivity contribution is -0.137. The standard InChI is InChI=1S/C21H27F3N4O/c1-26(20(29)16-28-11-4-9-25-28)14-18-6-3-10-27(15-18)12-8-17-5-2-7-19(13-17)21(22,23)24/h2,4-5,7,9,11,13,18H,3,6,8,10,12,14-16H2,1H3/t18-/m0/s1. The first-order chi connectivity index (χ1) is 13.8. The van der Waals surface area contributed by atoms with Gasteiger partial charge in [0.2, 0.25) is 5.91 Å². The Morgan fingerprint density at radius 2 is 2.14 bits per heavy atom. The highest BCUT2D eigenvalue weighted by Crippen LogP contribution is 2.29. The number of carbonyl (C=O) groups is 1. The first kappa shape index (κ1) is 21.4. The quantitative estimate of drug-likeness (QED) is 0.706. The fourth-order valence-electron chi connectivity index (χ4n) is 3.84. The highest BCUT2D eigenvalue weighted by Gasteiger charge is 2.30. The Labute approximate surface area is 169 Å². The predicted molar refractivity (Wildman–Crippen MR) is 104 cm³/mol. The number of likely N-dealkylation sites (tertiary alicyclic amines) is 1. The predicted octanol–water partition coefficient (Wildman–Crippen LogP) is 3.32. The van der Waals surface area contributed by atoms with Crippen LogP contribution in [0.25, 0.3) is 0 Å². The van der Waals surface area contributed by atoms with E-state index in [0.29, 0.717) is 24.4 Å². The third-order valence-corrected chi connectivity index (χ3v) is 5.39. The number of halogens is 3. The van der Waals surface area contributed by atoms with Crippen molar-refractivity contribution in [3.05, 3.63) is 53.9 Å². The SMILES string of the molecule is CN(C[C@@H]1CCCN(CCc2cccc(C(F)(F)F)c2)C1)C(=O)Cn1cccn1. The topological polar surface area (TPSA) is 41.4 Å². The first-order valence-electron chi connectivity index (χ1n) is 9.91. The highest BCUT2D eigenvalue weighted by atomic mass is 19.4. The summed E-state index contributed by atoms with van der Waals surface area (Å²) in [5.41, 5.74) is 0.109. The number of carbonyl (C=O) groups excluding carboxylic acids is 1. The molecule has 2 aromatic rings. The third kappa shape index (κ3) is 6.32. The number of benzene rings is 1. The van der Waals surface area contributed by atoms with E-state index in [1.807, 2.05) is 7.05 Å². The molecule has 8 heteroatoms. The molecule has 29 heavy (non-hydrogen) atoms. The van der Waals surface area contributed by atoms with Gasteiger partial charge >= 0.3 is 6.18 Å². The molecule has 1 saturated heterocycles. The van der Waals surface area contributed by atoms with E-state index in [9.17, 15) is 18.0 Å². The Bertz CT molecular complexity index is 791. The minimum absolute atomic E-state index is 0.0230. The monoisotopic (exact) mass is 408 g/mol. The molecule has 158 valence electrons. The maximum atomic E-state index is 12.9. The molecule has 1 fully saturated rings. The van der Waals surface area contributed by atoms with Crippen LogP contribution in [0.2, 0.25) is 0 Å². The van der Waals surface area contributed by atoms with Crippen molar-refractivity contribution < 1.29 is 18.0 Å². The summed E-state index contributed by atoms with van der Waals surface area (Å²) in [6, 6.07) is 7.35. The van der Waals surface area contributed by atoms with E-state index < -0.39 is 11.7 Å². The Balaban J connectivity index is 1.47. The fourth-order valence-corrected chi connectivity index (χ4v) is 3.84. The van der Waals surface area contributed by atoms with E-state index in [4.69, 9.17) is 0 Å². The second-order valence-electron chi connectivity index (χ2n) is 7.73. The number of aromatic nitrogens is 2. The molecule has 0 spiro atoms. The summed E-state index contributed by atoms with van der Waals surface area (Å²) in [7, 11) is 1.81. The molecule has 0 aliphatic carbocycles. The second-order valence-corrected chi connectivity index (χ2v) is 7.73. The van der Waals surface area contributed by atoms with Crippen LogP contribution >= 0.6 is 0 Å². The van der Waals surface area contributed by atoms with Crippen molar-refractivity contribution in [2.75, 3.05) is 33.2 Å². The number of amides is 1. The van der Waals surface area contributed by atoms with Crippen LogP contribution in [0, 0.1) is 5.92 Å². The largest absolute Gasteiger partial charge is 0.416 e. The molecule has 0 N–H and O–H groups in total. The summed E-state index contributed by atoms with van der Waals surface area (Å²) in [6.45, 7) is 3.44. The third-order valence-electron chi connectivity index (χ3n) is 5.39.